The van der Waals surface area contributed by atoms with Crippen LogP contribution in [0.3, 0.4) is 0 Å². The van der Waals surface area contributed by atoms with Gasteiger partial charge in [-0.05, 0) is 32.4 Å². The lowest BCUT2D eigenvalue weighted by atomic mass is 9.88. The second-order valence-corrected chi connectivity index (χ2v) is 5.67. The van der Waals surface area contributed by atoms with Crippen molar-refractivity contribution in [3.8, 4) is 5.75 Å². The minimum atomic E-state index is -0.781. The predicted octanol–water partition coefficient (Wildman–Crippen LogP) is 1.28. The highest BCUT2D eigenvalue weighted by molar-refractivity contribution is 5.78. The van der Waals surface area contributed by atoms with Crippen LogP contribution in [0.1, 0.15) is 38.4 Å². The van der Waals surface area contributed by atoms with Crippen molar-refractivity contribution in [3.63, 3.8) is 0 Å². The van der Waals surface area contributed by atoms with Crippen LogP contribution in [0, 0.1) is 0 Å². The molecule has 1 aromatic heterocycles. The van der Waals surface area contributed by atoms with Gasteiger partial charge in [-0.25, -0.2) is 0 Å². The Hall–Kier alpha value is -1.62. The number of aliphatic hydroxyl groups is 1. The number of rotatable bonds is 1. The molecule has 102 valence electrons. The molecule has 0 saturated carbocycles. The maximum atomic E-state index is 12.0. The maximum absolute atomic E-state index is 12.0. The predicted molar refractivity (Wildman–Crippen MR) is 68.6 cm³/mol. The molecule has 5 nitrogen and oxygen atoms in total. The molecule has 0 aliphatic carbocycles. The van der Waals surface area contributed by atoms with E-state index in [4.69, 9.17) is 4.74 Å². The van der Waals surface area contributed by atoms with Crippen LogP contribution < -0.4 is 4.74 Å². The summed E-state index contributed by atoms with van der Waals surface area (Å²) < 4.78 is 5.81. The first-order valence-electron chi connectivity index (χ1n) is 6.62. The Balaban J connectivity index is 2.08. The zero-order valence-corrected chi connectivity index (χ0v) is 11.2. The second kappa shape index (κ2) is 4.20. The lowest BCUT2D eigenvalue weighted by Gasteiger charge is -2.44. The molecule has 1 saturated heterocycles. The van der Waals surface area contributed by atoms with E-state index in [1.165, 1.54) is 0 Å². The first-order valence-corrected chi connectivity index (χ1v) is 6.62. The van der Waals surface area contributed by atoms with Crippen LogP contribution in [-0.4, -0.2) is 39.1 Å². The Bertz CT molecular complexity index is 515. The summed E-state index contributed by atoms with van der Waals surface area (Å²) in [5.74, 6) is 0.737. The van der Waals surface area contributed by atoms with Crippen molar-refractivity contribution < 1.29 is 14.6 Å². The Morgan fingerprint density at radius 1 is 1.53 bits per heavy atom. The standard InChI is InChI=1S/C14H18N2O3/c1-14(2)13(18)12(16-8-4-6-10(16)17)11-9(19-14)5-3-7-15-11/h3,5,7,12-13,18H,4,6,8H2,1-2H3/t12-,13+/m1/s1. The average Bonchev–Trinajstić information content (AvgIpc) is 2.77. The van der Waals surface area contributed by atoms with E-state index in [-0.39, 0.29) is 5.91 Å². The largest absolute Gasteiger partial charge is 0.483 e. The fraction of sp³-hybridized carbons (Fsp3) is 0.571. The number of hydrogen-bond acceptors (Lipinski definition) is 4. The molecule has 2 aliphatic rings. The summed E-state index contributed by atoms with van der Waals surface area (Å²) in [6.07, 6.45) is 2.27. The van der Waals surface area contributed by atoms with Crippen LogP contribution in [0.15, 0.2) is 18.3 Å². The number of hydrogen-bond donors (Lipinski definition) is 1. The lowest BCUT2D eigenvalue weighted by molar-refractivity contribution is -0.140. The molecular weight excluding hydrogens is 244 g/mol. The number of carbonyl (C=O) groups excluding carboxylic acids is 1. The van der Waals surface area contributed by atoms with Gasteiger partial charge in [0.2, 0.25) is 5.91 Å². The third kappa shape index (κ3) is 1.89. The summed E-state index contributed by atoms with van der Waals surface area (Å²) in [5, 5.41) is 10.6. The topological polar surface area (TPSA) is 62.7 Å². The van der Waals surface area contributed by atoms with E-state index in [0.29, 0.717) is 24.4 Å². The van der Waals surface area contributed by atoms with Crippen molar-refractivity contribution in [2.24, 2.45) is 0 Å². The van der Waals surface area contributed by atoms with E-state index in [1.54, 1.807) is 17.2 Å². The van der Waals surface area contributed by atoms with Crippen LogP contribution in [0.5, 0.6) is 5.75 Å². The molecule has 19 heavy (non-hydrogen) atoms. The van der Waals surface area contributed by atoms with Gasteiger partial charge >= 0.3 is 0 Å². The third-order valence-corrected chi connectivity index (χ3v) is 3.91. The minimum Gasteiger partial charge on any atom is -0.483 e. The van der Waals surface area contributed by atoms with Gasteiger partial charge in [-0.1, -0.05) is 0 Å². The van der Waals surface area contributed by atoms with Gasteiger partial charge in [0.05, 0.1) is 0 Å². The molecule has 0 bridgehead atoms. The molecule has 3 heterocycles. The highest BCUT2D eigenvalue weighted by Crippen LogP contribution is 2.42. The smallest absolute Gasteiger partial charge is 0.223 e. The summed E-state index contributed by atoms with van der Waals surface area (Å²) in [7, 11) is 0. The molecule has 0 radical (unpaired) electrons. The summed E-state index contributed by atoms with van der Waals surface area (Å²) in [6.45, 7) is 4.34. The molecule has 0 aromatic carbocycles. The van der Waals surface area contributed by atoms with Crippen molar-refractivity contribution in [1.82, 2.24) is 9.88 Å². The number of nitrogens with zero attached hydrogens (tertiary/aromatic N) is 2. The molecular formula is C14H18N2O3. The summed E-state index contributed by atoms with van der Waals surface area (Å²) in [4.78, 5) is 18.0. The van der Waals surface area contributed by atoms with E-state index >= 15 is 0 Å². The molecule has 1 fully saturated rings. The number of ether oxygens (including phenoxy) is 1. The van der Waals surface area contributed by atoms with Crippen LogP contribution >= 0.6 is 0 Å². The molecule has 3 rings (SSSR count). The van der Waals surface area contributed by atoms with Crippen LogP contribution in [0.2, 0.25) is 0 Å². The third-order valence-electron chi connectivity index (χ3n) is 3.91. The average molecular weight is 262 g/mol. The van der Waals surface area contributed by atoms with Crippen LogP contribution in [0.4, 0.5) is 0 Å². The number of likely N-dealkylation sites (tertiary alicyclic amines) is 1. The normalized spacial score (nSPS) is 29.0. The number of aliphatic hydroxyl groups excluding tert-OH is 1. The Morgan fingerprint density at radius 3 is 3.00 bits per heavy atom. The van der Waals surface area contributed by atoms with E-state index in [1.807, 2.05) is 19.9 Å². The maximum Gasteiger partial charge on any atom is 0.223 e. The summed E-state index contributed by atoms with van der Waals surface area (Å²) in [5.41, 5.74) is -0.0756. The molecule has 0 spiro atoms. The molecule has 1 amide bonds. The van der Waals surface area contributed by atoms with E-state index in [0.717, 1.165) is 6.42 Å². The zero-order chi connectivity index (χ0) is 13.6. The number of aromatic nitrogens is 1. The molecule has 2 aliphatic heterocycles. The molecule has 1 N–H and O–H groups in total. The molecule has 2 atom stereocenters. The Labute approximate surface area is 112 Å². The molecule has 1 aromatic rings. The lowest BCUT2D eigenvalue weighted by Crippen LogP contribution is -2.54. The van der Waals surface area contributed by atoms with E-state index in [2.05, 4.69) is 4.98 Å². The number of amides is 1. The number of pyridine rings is 1. The van der Waals surface area contributed by atoms with Crippen LogP contribution in [-0.2, 0) is 4.79 Å². The van der Waals surface area contributed by atoms with Gasteiger partial charge in [0.1, 0.15) is 29.2 Å². The van der Waals surface area contributed by atoms with Gasteiger partial charge in [0, 0.05) is 19.2 Å². The number of carbonyl (C=O) groups is 1. The van der Waals surface area contributed by atoms with E-state index in [9.17, 15) is 9.90 Å². The van der Waals surface area contributed by atoms with Crippen molar-refractivity contribution in [1.29, 1.82) is 0 Å². The van der Waals surface area contributed by atoms with Crippen molar-refractivity contribution in [2.45, 2.75) is 44.4 Å². The summed E-state index contributed by atoms with van der Waals surface area (Å²) >= 11 is 0. The Morgan fingerprint density at radius 2 is 2.32 bits per heavy atom. The van der Waals surface area contributed by atoms with Gasteiger partial charge in [0.25, 0.3) is 0 Å². The fourth-order valence-corrected chi connectivity index (χ4v) is 2.87. The van der Waals surface area contributed by atoms with Gasteiger partial charge in [0.15, 0.2) is 0 Å². The van der Waals surface area contributed by atoms with Gasteiger partial charge < -0.3 is 14.7 Å². The van der Waals surface area contributed by atoms with Crippen LogP contribution in [0.25, 0.3) is 0 Å². The first kappa shape index (κ1) is 12.4. The summed E-state index contributed by atoms with van der Waals surface area (Å²) in [6, 6.07) is 3.23. The van der Waals surface area contributed by atoms with Gasteiger partial charge in [-0.15, -0.1) is 0 Å². The van der Waals surface area contributed by atoms with Crippen molar-refractivity contribution in [3.05, 3.63) is 24.0 Å². The van der Waals surface area contributed by atoms with Gasteiger partial charge in [-0.3, -0.25) is 9.78 Å². The quantitative estimate of drug-likeness (QED) is 0.828. The van der Waals surface area contributed by atoms with E-state index < -0.39 is 17.7 Å². The van der Waals surface area contributed by atoms with Crippen molar-refractivity contribution >= 4 is 5.91 Å². The zero-order valence-electron chi connectivity index (χ0n) is 11.2. The monoisotopic (exact) mass is 262 g/mol. The first-order chi connectivity index (χ1) is 9.00. The molecule has 5 heteroatoms. The molecule has 0 unspecified atom stereocenters. The SMILES string of the molecule is CC1(C)Oc2cccnc2[C@@H](N2CCCC2=O)[C@@H]1O. The van der Waals surface area contributed by atoms with Gasteiger partial charge in [-0.2, -0.15) is 0 Å². The second-order valence-electron chi connectivity index (χ2n) is 5.67. The minimum absolute atomic E-state index is 0.0818. The highest BCUT2D eigenvalue weighted by Gasteiger charge is 2.48. The highest BCUT2D eigenvalue weighted by atomic mass is 16.5. The Kier molecular flexibility index (Phi) is 2.74. The number of fused-ring (bicyclic) bond motifs is 1. The van der Waals surface area contributed by atoms with Crippen molar-refractivity contribution in [2.75, 3.05) is 6.54 Å². The fourth-order valence-electron chi connectivity index (χ4n) is 2.87.